The highest BCUT2D eigenvalue weighted by Gasteiger charge is 2.11. The highest BCUT2D eigenvalue weighted by molar-refractivity contribution is 5.19. The Balaban J connectivity index is 2.48. The van der Waals surface area contributed by atoms with Gasteiger partial charge in [0.05, 0.1) is 6.61 Å². The van der Waals surface area contributed by atoms with Gasteiger partial charge in [0, 0.05) is 24.9 Å². The van der Waals surface area contributed by atoms with Gasteiger partial charge in [-0.05, 0) is 25.8 Å². The zero-order chi connectivity index (χ0) is 12.0. The van der Waals surface area contributed by atoms with Crippen molar-refractivity contribution in [2.45, 2.75) is 25.8 Å². The first-order chi connectivity index (χ1) is 7.51. The van der Waals surface area contributed by atoms with E-state index in [2.05, 4.69) is 4.98 Å². The Kier molecular flexibility index (Phi) is 4.71. The van der Waals surface area contributed by atoms with Crippen LogP contribution in [0.4, 0.5) is 0 Å². The second kappa shape index (κ2) is 5.82. The van der Waals surface area contributed by atoms with Crippen LogP contribution in [0.25, 0.3) is 0 Å². The van der Waals surface area contributed by atoms with Gasteiger partial charge in [0.1, 0.15) is 6.61 Å². The second-order valence-corrected chi connectivity index (χ2v) is 4.51. The molecule has 0 aromatic carbocycles. The van der Waals surface area contributed by atoms with Crippen LogP contribution < -0.4 is 10.5 Å². The van der Waals surface area contributed by atoms with E-state index in [9.17, 15) is 0 Å². The fraction of sp³-hybridized carbons (Fsp3) is 0.583. The average molecular weight is 224 g/mol. The number of rotatable bonds is 6. The Morgan fingerprint density at radius 1 is 1.31 bits per heavy atom. The maximum atomic E-state index is 5.93. The first kappa shape index (κ1) is 12.9. The summed E-state index contributed by atoms with van der Waals surface area (Å²) in [4.78, 5) is 4.20. The first-order valence-corrected chi connectivity index (χ1v) is 5.37. The third-order valence-electron chi connectivity index (χ3n) is 1.99. The lowest BCUT2D eigenvalue weighted by Gasteiger charge is -2.18. The van der Waals surface area contributed by atoms with Crippen molar-refractivity contribution < 1.29 is 9.47 Å². The van der Waals surface area contributed by atoms with Crippen LogP contribution >= 0.6 is 0 Å². The van der Waals surface area contributed by atoms with E-state index in [-0.39, 0.29) is 5.54 Å². The van der Waals surface area contributed by atoms with Crippen molar-refractivity contribution in [3.63, 3.8) is 0 Å². The summed E-state index contributed by atoms with van der Waals surface area (Å²) in [6.45, 7) is 5.08. The van der Waals surface area contributed by atoms with Crippen molar-refractivity contribution in [2.75, 3.05) is 20.3 Å². The predicted octanol–water partition coefficient (Wildman–Crippen LogP) is 1.39. The summed E-state index contributed by atoms with van der Waals surface area (Å²) in [5.74, 6) is 0.621. The van der Waals surface area contributed by atoms with Gasteiger partial charge < -0.3 is 15.2 Å². The fourth-order valence-corrected chi connectivity index (χ4v) is 1.36. The lowest BCUT2D eigenvalue weighted by molar-refractivity contribution is 0.143. The molecule has 0 saturated carbocycles. The Labute approximate surface area is 96.8 Å². The smallest absolute Gasteiger partial charge is 0.213 e. The third-order valence-corrected chi connectivity index (χ3v) is 1.99. The molecule has 0 aliphatic rings. The lowest BCUT2D eigenvalue weighted by Crippen LogP contribution is -2.34. The summed E-state index contributed by atoms with van der Waals surface area (Å²) in [5.41, 5.74) is 6.84. The third kappa shape index (κ3) is 5.09. The van der Waals surface area contributed by atoms with Crippen LogP contribution in [0.15, 0.2) is 18.3 Å². The zero-order valence-electron chi connectivity index (χ0n) is 10.2. The van der Waals surface area contributed by atoms with Crippen LogP contribution in [0.1, 0.15) is 19.4 Å². The molecule has 0 spiro atoms. The topological polar surface area (TPSA) is 57.4 Å². The Morgan fingerprint density at radius 2 is 2.06 bits per heavy atom. The molecule has 0 unspecified atom stereocenters. The van der Waals surface area contributed by atoms with Crippen LogP contribution in [0.5, 0.6) is 5.88 Å². The molecule has 1 aromatic rings. The molecule has 0 bridgehead atoms. The first-order valence-electron chi connectivity index (χ1n) is 5.37. The van der Waals surface area contributed by atoms with Crippen molar-refractivity contribution in [2.24, 2.45) is 5.73 Å². The number of nitrogens with zero attached hydrogens (tertiary/aromatic N) is 1. The van der Waals surface area contributed by atoms with E-state index in [4.69, 9.17) is 15.2 Å². The van der Waals surface area contributed by atoms with E-state index in [1.54, 1.807) is 13.3 Å². The standard InChI is InChI=1S/C12H20N2O2/c1-12(2,13)8-10-4-5-11(14-9-10)16-7-6-15-3/h4-5,9H,6-8,13H2,1-3H3. The molecular weight excluding hydrogens is 204 g/mol. The summed E-state index contributed by atoms with van der Waals surface area (Å²) in [5, 5.41) is 0. The van der Waals surface area contributed by atoms with E-state index in [0.717, 1.165) is 12.0 Å². The van der Waals surface area contributed by atoms with Gasteiger partial charge >= 0.3 is 0 Å². The Morgan fingerprint density at radius 3 is 2.56 bits per heavy atom. The molecule has 90 valence electrons. The van der Waals surface area contributed by atoms with Crippen molar-refractivity contribution in [3.05, 3.63) is 23.9 Å². The number of aromatic nitrogens is 1. The minimum absolute atomic E-state index is 0.208. The van der Waals surface area contributed by atoms with Crippen LogP contribution in [0.3, 0.4) is 0 Å². The lowest BCUT2D eigenvalue weighted by atomic mass is 9.98. The van der Waals surface area contributed by atoms with Crippen molar-refractivity contribution >= 4 is 0 Å². The Hall–Kier alpha value is -1.13. The molecule has 0 aliphatic carbocycles. The van der Waals surface area contributed by atoms with Gasteiger partial charge in [-0.3, -0.25) is 0 Å². The minimum Gasteiger partial charge on any atom is -0.475 e. The highest BCUT2D eigenvalue weighted by atomic mass is 16.5. The van der Waals surface area contributed by atoms with Crippen molar-refractivity contribution in [1.29, 1.82) is 0 Å². The van der Waals surface area contributed by atoms with Gasteiger partial charge in [0.2, 0.25) is 5.88 Å². The predicted molar refractivity (Wildman–Crippen MR) is 63.6 cm³/mol. The summed E-state index contributed by atoms with van der Waals surface area (Å²) < 4.78 is 10.2. The molecule has 16 heavy (non-hydrogen) atoms. The second-order valence-electron chi connectivity index (χ2n) is 4.51. The molecule has 0 saturated heterocycles. The molecule has 4 nitrogen and oxygen atoms in total. The van der Waals surface area contributed by atoms with Gasteiger partial charge in [-0.15, -0.1) is 0 Å². The molecular formula is C12H20N2O2. The van der Waals surface area contributed by atoms with E-state index in [0.29, 0.717) is 19.1 Å². The molecule has 0 amide bonds. The summed E-state index contributed by atoms with van der Waals surface area (Å²) >= 11 is 0. The monoisotopic (exact) mass is 224 g/mol. The largest absolute Gasteiger partial charge is 0.475 e. The molecule has 1 aromatic heterocycles. The number of pyridine rings is 1. The van der Waals surface area contributed by atoms with Crippen LogP contribution in [-0.4, -0.2) is 30.8 Å². The minimum atomic E-state index is -0.208. The van der Waals surface area contributed by atoms with Crippen LogP contribution in [0, 0.1) is 0 Å². The molecule has 0 radical (unpaired) electrons. The summed E-state index contributed by atoms with van der Waals surface area (Å²) in [6.07, 6.45) is 2.61. The number of hydrogen-bond acceptors (Lipinski definition) is 4. The fourth-order valence-electron chi connectivity index (χ4n) is 1.36. The van der Waals surface area contributed by atoms with Crippen LogP contribution in [0.2, 0.25) is 0 Å². The molecule has 4 heteroatoms. The molecule has 1 rings (SSSR count). The maximum absolute atomic E-state index is 5.93. The van der Waals surface area contributed by atoms with Gasteiger partial charge in [-0.25, -0.2) is 4.98 Å². The SMILES string of the molecule is COCCOc1ccc(CC(C)(C)N)cn1. The number of ether oxygens (including phenoxy) is 2. The summed E-state index contributed by atoms with van der Waals surface area (Å²) in [6, 6.07) is 3.85. The molecule has 0 atom stereocenters. The number of hydrogen-bond donors (Lipinski definition) is 1. The van der Waals surface area contributed by atoms with E-state index in [1.165, 1.54) is 0 Å². The molecule has 0 aliphatic heterocycles. The molecule has 1 heterocycles. The normalized spacial score (nSPS) is 11.5. The van der Waals surface area contributed by atoms with Gasteiger partial charge in [-0.1, -0.05) is 6.07 Å². The summed E-state index contributed by atoms with van der Waals surface area (Å²) in [7, 11) is 1.64. The van der Waals surface area contributed by atoms with E-state index < -0.39 is 0 Å². The van der Waals surface area contributed by atoms with Gasteiger partial charge in [0.25, 0.3) is 0 Å². The van der Waals surface area contributed by atoms with Crippen molar-refractivity contribution in [3.8, 4) is 5.88 Å². The molecule has 0 fully saturated rings. The number of methoxy groups -OCH3 is 1. The highest BCUT2D eigenvalue weighted by Crippen LogP contribution is 2.12. The van der Waals surface area contributed by atoms with E-state index >= 15 is 0 Å². The quantitative estimate of drug-likeness (QED) is 0.742. The number of nitrogens with two attached hydrogens (primary N) is 1. The van der Waals surface area contributed by atoms with Gasteiger partial charge in [-0.2, -0.15) is 0 Å². The maximum Gasteiger partial charge on any atom is 0.213 e. The van der Waals surface area contributed by atoms with Crippen LogP contribution in [-0.2, 0) is 11.2 Å². The average Bonchev–Trinajstić information content (AvgIpc) is 2.19. The van der Waals surface area contributed by atoms with E-state index in [1.807, 2.05) is 26.0 Å². The Bertz CT molecular complexity index is 304. The van der Waals surface area contributed by atoms with Crippen molar-refractivity contribution in [1.82, 2.24) is 4.98 Å². The zero-order valence-corrected chi connectivity index (χ0v) is 10.2. The molecule has 2 N–H and O–H groups in total. The van der Waals surface area contributed by atoms with Gasteiger partial charge in [0.15, 0.2) is 0 Å².